The van der Waals surface area contributed by atoms with Crippen LogP contribution in [0.1, 0.15) is 40.0 Å². The van der Waals surface area contributed by atoms with Gasteiger partial charge in [0.2, 0.25) is 0 Å². The molecule has 1 fully saturated rings. The number of thioether (sulfide) groups is 1. The first kappa shape index (κ1) is 14.5. The van der Waals surface area contributed by atoms with E-state index < -0.39 is 0 Å². The number of nitriles is 1. The van der Waals surface area contributed by atoms with Crippen molar-refractivity contribution < 1.29 is 0 Å². The Labute approximate surface area is 121 Å². The molecule has 1 nitrogen and oxygen atoms in total. The van der Waals surface area contributed by atoms with Crippen molar-refractivity contribution in [3.63, 3.8) is 0 Å². The van der Waals surface area contributed by atoms with Crippen LogP contribution >= 0.6 is 11.8 Å². The minimum Gasteiger partial charge on any atom is -0.198 e. The molecule has 3 unspecified atom stereocenters. The molecule has 1 aliphatic rings. The van der Waals surface area contributed by atoms with Crippen molar-refractivity contribution in [1.29, 1.82) is 5.26 Å². The average Bonchev–Trinajstić information content (AvgIpc) is 2.39. The lowest BCUT2D eigenvalue weighted by atomic mass is 9.70. The SMILES string of the molecule is CC(C)(C)C1CCC(C#N)C(Sc2ccccc2)C1. The molecule has 1 saturated carbocycles. The predicted molar refractivity (Wildman–Crippen MR) is 82.0 cm³/mol. The summed E-state index contributed by atoms with van der Waals surface area (Å²) in [6.07, 6.45) is 3.43. The second-order valence-corrected chi connectivity index (χ2v) is 7.89. The van der Waals surface area contributed by atoms with Crippen LogP contribution in [0.4, 0.5) is 0 Å². The molecule has 1 aliphatic carbocycles. The van der Waals surface area contributed by atoms with Gasteiger partial charge in [-0.25, -0.2) is 0 Å². The van der Waals surface area contributed by atoms with Gasteiger partial charge < -0.3 is 0 Å². The fraction of sp³-hybridized carbons (Fsp3) is 0.588. The van der Waals surface area contributed by atoms with Crippen molar-refractivity contribution in [2.24, 2.45) is 17.3 Å². The zero-order valence-electron chi connectivity index (χ0n) is 12.1. The number of hydrogen-bond acceptors (Lipinski definition) is 2. The second kappa shape index (κ2) is 6.01. The Hall–Kier alpha value is -0.940. The first-order valence-corrected chi connectivity index (χ1v) is 8.00. The summed E-state index contributed by atoms with van der Waals surface area (Å²) in [5.74, 6) is 0.946. The van der Waals surface area contributed by atoms with Crippen LogP contribution in [0, 0.1) is 28.6 Å². The molecular weight excluding hydrogens is 250 g/mol. The number of hydrogen-bond donors (Lipinski definition) is 0. The number of rotatable bonds is 2. The Morgan fingerprint density at radius 1 is 1.16 bits per heavy atom. The van der Waals surface area contributed by atoms with Crippen molar-refractivity contribution in [1.82, 2.24) is 0 Å². The van der Waals surface area contributed by atoms with E-state index in [0.717, 1.165) is 12.3 Å². The van der Waals surface area contributed by atoms with Crippen LogP contribution in [0.5, 0.6) is 0 Å². The van der Waals surface area contributed by atoms with E-state index >= 15 is 0 Å². The summed E-state index contributed by atoms with van der Waals surface area (Å²) in [5.41, 5.74) is 0.357. The lowest BCUT2D eigenvalue weighted by Crippen LogP contribution is -2.32. The molecule has 0 aliphatic heterocycles. The fourth-order valence-electron chi connectivity index (χ4n) is 2.87. The van der Waals surface area contributed by atoms with Crippen LogP contribution in [-0.2, 0) is 0 Å². The molecule has 3 atom stereocenters. The van der Waals surface area contributed by atoms with E-state index in [1.165, 1.54) is 17.7 Å². The van der Waals surface area contributed by atoms with E-state index in [1.54, 1.807) is 0 Å². The molecule has 0 heterocycles. The molecule has 0 N–H and O–H groups in total. The minimum atomic E-state index is 0.212. The zero-order chi connectivity index (χ0) is 13.9. The predicted octanol–water partition coefficient (Wildman–Crippen LogP) is 5.13. The molecule has 0 saturated heterocycles. The third-order valence-electron chi connectivity index (χ3n) is 4.21. The van der Waals surface area contributed by atoms with Gasteiger partial charge in [-0.2, -0.15) is 5.26 Å². The highest BCUT2D eigenvalue weighted by Crippen LogP contribution is 2.45. The summed E-state index contributed by atoms with van der Waals surface area (Å²) >= 11 is 1.89. The van der Waals surface area contributed by atoms with Crippen molar-refractivity contribution in [3.8, 4) is 6.07 Å². The summed E-state index contributed by atoms with van der Waals surface area (Å²) in [6.45, 7) is 6.98. The summed E-state index contributed by atoms with van der Waals surface area (Å²) in [6, 6.07) is 13.0. The summed E-state index contributed by atoms with van der Waals surface area (Å²) in [4.78, 5) is 1.29. The van der Waals surface area contributed by atoms with Gasteiger partial charge in [-0.05, 0) is 42.7 Å². The quantitative estimate of drug-likeness (QED) is 0.745. The van der Waals surface area contributed by atoms with E-state index in [1.807, 2.05) is 17.8 Å². The van der Waals surface area contributed by atoms with Crippen molar-refractivity contribution in [3.05, 3.63) is 30.3 Å². The molecule has 2 heteroatoms. The van der Waals surface area contributed by atoms with E-state index in [0.29, 0.717) is 10.7 Å². The van der Waals surface area contributed by atoms with Gasteiger partial charge in [-0.15, -0.1) is 11.8 Å². The standard InChI is InChI=1S/C17H23NS/c1-17(2,3)14-10-9-13(12-18)16(11-14)19-15-7-5-4-6-8-15/h4-8,13-14,16H,9-11H2,1-3H3. The van der Waals surface area contributed by atoms with Crippen molar-refractivity contribution in [2.45, 2.75) is 50.2 Å². The van der Waals surface area contributed by atoms with Gasteiger partial charge in [-0.1, -0.05) is 39.0 Å². The largest absolute Gasteiger partial charge is 0.198 e. The summed E-state index contributed by atoms with van der Waals surface area (Å²) < 4.78 is 0. The summed E-state index contributed by atoms with van der Waals surface area (Å²) in [5, 5.41) is 9.81. The van der Waals surface area contributed by atoms with Gasteiger partial charge in [0.15, 0.2) is 0 Å². The molecule has 0 aromatic heterocycles. The lowest BCUT2D eigenvalue weighted by Gasteiger charge is -2.39. The Balaban J connectivity index is 2.09. The smallest absolute Gasteiger partial charge is 0.0667 e. The molecule has 0 spiro atoms. The van der Waals surface area contributed by atoms with Gasteiger partial charge in [0, 0.05) is 10.1 Å². The summed E-state index contributed by atoms with van der Waals surface area (Å²) in [7, 11) is 0. The van der Waals surface area contributed by atoms with Crippen LogP contribution < -0.4 is 0 Å². The third kappa shape index (κ3) is 3.76. The van der Waals surface area contributed by atoms with E-state index in [2.05, 4.69) is 51.1 Å². The van der Waals surface area contributed by atoms with Crippen molar-refractivity contribution >= 4 is 11.8 Å². The van der Waals surface area contributed by atoms with Crippen LogP contribution in [-0.4, -0.2) is 5.25 Å². The Morgan fingerprint density at radius 3 is 2.42 bits per heavy atom. The first-order chi connectivity index (χ1) is 9.00. The maximum atomic E-state index is 9.37. The van der Waals surface area contributed by atoms with E-state index in [-0.39, 0.29) is 5.92 Å². The van der Waals surface area contributed by atoms with Crippen LogP contribution in [0.3, 0.4) is 0 Å². The normalized spacial score (nSPS) is 27.8. The maximum Gasteiger partial charge on any atom is 0.0667 e. The topological polar surface area (TPSA) is 23.8 Å². The average molecular weight is 273 g/mol. The molecule has 102 valence electrons. The first-order valence-electron chi connectivity index (χ1n) is 7.12. The Morgan fingerprint density at radius 2 is 1.84 bits per heavy atom. The lowest BCUT2D eigenvalue weighted by molar-refractivity contribution is 0.169. The molecular formula is C17H23NS. The molecule has 1 aromatic carbocycles. The second-order valence-electron chi connectivity index (χ2n) is 6.58. The third-order valence-corrected chi connectivity index (χ3v) is 5.58. The maximum absolute atomic E-state index is 9.37. The molecule has 0 radical (unpaired) electrons. The molecule has 19 heavy (non-hydrogen) atoms. The van der Waals surface area contributed by atoms with E-state index in [4.69, 9.17) is 0 Å². The van der Waals surface area contributed by atoms with Gasteiger partial charge in [-0.3, -0.25) is 0 Å². The van der Waals surface area contributed by atoms with Gasteiger partial charge in [0.25, 0.3) is 0 Å². The van der Waals surface area contributed by atoms with Gasteiger partial charge >= 0.3 is 0 Å². The van der Waals surface area contributed by atoms with Crippen LogP contribution in [0.15, 0.2) is 35.2 Å². The molecule has 1 aromatic rings. The highest BCUT2D eigenvalue weighted by atomic mass is 32.2. The van der Waals surface area contributed by atoms with Gasteiger partial charge in [0.1, 0.15) is 0 Å². The Kier molecular flexibility index (Phi) is 4.58. The molecule has 0 amide bonds. The highest BCUT2D eigenvalue weighted by molar-refractivity contribution is 8.00. The van der Waals surface area contributed by atoms with Gasteiger partial charge in [0.05, 0.1) is 12.0 Å². The monoisotopic (exact) mass is 273 g/mol. The fourth-order valence-corrected chi connectivity index (χ4v) is 4.22. The Bertz CT molecular complexity index is 441. The van der Waals surface area contributed by atoms with Crippen LogP contribution in [0.25, 0.3) is 0 Å². The van der Waals surface area contributed by atoms with E-state index in [9.17, 15) is 5.26 Å². The number of benzene rings is 1. The molecule has 0 bridgehead atoms. The number of nitrogens with zero attached hydrogens (tertiary/aromatic N) is 1. The highest BCUT2D eigenvalue weighted by Gasteiger charge is 2.36. The van der Waals surface area contributed by atoms with Crippen LogP contribution in [0.2, 0.25) is 0 Å². The molecule has 2 rings (SSSR count). The minimum absolute atomic E-state index is 0.212. The zero-order valence-corrected chi connectivity index (χ0v) is 12.9. The van der Waals surface area contributed by atoms with Crippen molar-refractivity contribution in [2.75, 3.05) is 0 Å².